The van der Waals surface area contributed by atoms with E-state index in [1.165, 1.54) is 19.3 Å². The molecule has 2 heterocycles. The molecule has 5 nitrogen and oxygen atoms in total. The highest BCUT2D eigenvalue weighted by atomic mass is 16.5. The largest absolute Gasteiger partial charge is 0.489 e. The summed E-state index contributed by atoms with van der Waals surface area (Å²) >= 11 is 0. The molecule has 3 rings (SSSR count). The van der Waals surface area contributed by atoms with Crippen LogP contribution in [0, 0.1) is 6.92 Å². The maximum absolute atomic E-state index is 5.88. The summed E-state index contributed by atoms with van der Waals surface area (Å²) < 4.78 is 5.88. The fraction of sp³-hybridized carbons (Fsp3) is 0.474. The summed E-state index contributed by atoms with van der Waals surface area (Å²) in [6, 6.07) is 9.93. The fourth-order valence-electron chi connectivity index (χ4n) is 2.92. The molecule has 0 spiro atoms. The summed E-state index contributed by atoms with van der Waals surface area (Å²) in [6.07, 6.45) is 3.85. The van der Waals surface area contributed by atoms with Crippen molar-refractivity contribution in [1.82, 2.24) is 9.97 Å². The quantitative estimate of drug-likeness (QED) is 0.887. The van der Waals surface area contributed by atoms with Crippen molar-refractivity contribution < 1.29 is 4.74 Å². The standard InChI is InChI=1S/C19H26N4O/c1-14(2)24-17-10-6-5-9-16(17)21-18-13-15(3)20-19(22-18)23-11-7-4-8-12-23/h5-6,9-10,13-14H,4,7-8,11-12H2,1-3H3,(H,20,21,22). The molecule has 24 heavy (non-hydrogen) atoms. The van der Waals surface area contributed by atoms with Gasteiger partial charge in [0.2, 0.25) is 5.95 Å². The Morgan fingerprint density at radius 1 is 1.08 bits per heavy atom. The van der Waals surface area contributed by atoms with Crippen LogP contribution >= 0.6 is 0 Å². The number of anilines is 3. The Morgan fingerprint density at radius 2 is 1.83 bits per heavy atom. The van der Waals surface area contributed by atoms with E-state index in [0.29, 0.717) is 0 Å². The van der Waals surface area contributed by atoms with Crippen molar-refractivity contribution in [2.75, 3.05) is 23.3 Å². The Bertz CT molecular complexity index is 681. The molecule has 128 valence electrons. The summed E-state index contributed by atoms with van der Waals surface area (Å²) in [5, 5.41) is 3.40. The lowest BCUT2D eigenvalue weighted by Crippen LogP contribution is -2.31. The van der Waals surface area contributed by atoms with Crippen LogP contribution in [0.4, 0.5) is 17.5 Å². The molecule has 1 aliphatic heterocycles. The lowest BCUT2D eigenvalue weighted by Gasteiger charge is -2.27. The van der Waals surface area contributed by atoms with Gasteiger partial charge in [-0.1, -0.05) is 12.1 Å². The van der Waals surface area contributed by atoms with Crippen LogP contribution in [-0.4, -0.2) is 29.2 Å². The average Bonchev–Trinajstić information content (AvgIpc) is 2.56. The van der Waals surface area contributed by atoms with Crippen LogP contribution in [0.15, 0.2) is 30.3 Å². The van der Waals surface area contributed by atoms with Crippen molar-refractivity contribution in [3.63, 3.8) is 0 Å². The van der Waals surface area contributed by atoms with Crippen molar-refractivity contribution in [2.24, 2.45) is 0 Å². The highest BCUT2D eigenvalue weighted by Gasteiger charge is 2.15. The van der Waals surface area contributed by atoms with Gasteiger partial charge in [-0.3, -0.25) is 0 Å². The molecule has 0 amide bonds. The number of ether oxygens (including phenoxy) is 1. The Kier molecular flexibility index (Phi) is 5.18. The maximum Gasteiger partial charge on any atom is 0.227 e. The Labute approximate surface area is 144 Å². The molecule has 1 N–H and O–H groups in total. The van der Waals surface area contributed by atoms with E-state index in [2.05, 4.69) is 15.2 Å². The first-order valence-corrected chi connectivity index (χ1v) is 8.75. The fourth-order valence-corrected chi connectivity index (χ4v) is 2.92. The number of aromatic nitrogens is 2. The molecular formula is C19H26N4O. The highest BCUT2D eigenvalue weighted by molar-refractivity contribution is 5.64. The zero-order valence-electron chi connectivity index (χ0n) is 14.7. The van der Waals surface area contributed by atoms with Crippen LogP contribution in [-0.2, 0) is 0 Å². The maximum atomic E-state index is 5.88. The first-order chi connectivity index (χ1) is 11.6. The predicted molar refractivity (Wildman–Crippen MR) is 98.3 cm³/mol. The molecule has 0 radical (unpaired) electrons. The van der Waals surface area contributed by atoms with Crippen molar-refractivity contribution >= 4 is 17.5 Å². The van der Waals surface area contributed by atoms with E-state index in [1.807, 2.05) is 51.1 Å². The zero-order chi connectivity index (χ0) is 16.9. The molecule has 0 atom stereocenters. The number of aryl methyl sites for hydroxylation is 1. The molecule has 1 aliphatic rings. The van der Waals surface area contributed by atoms with E-state index in [1.54, 1.807) is 0 Å². The second kappa shape index (κ2) is 7.51. The summed E-state index contributed by atoms with van der Waals surface area (Å²) in [5.41, 5.74) is 1.89. The van der Waals surface area contributed by atoms with Crippen LogP contribution in [0.5, 0.6) is 5.75 Å². The second-order valence-electron chi connectivity index (χ2n) is 6.53. The number of nitrogens with one attached hydrogen (secondary N) is 1. The first-order valence-electron chi connectivity index (χ1n) is 8.75. The van der Waals surface area contributed by atoms with Gasteiger partial charge in [0.15, 0.2) is 0 Å². The molecule has 1 aromatic carbocycles. The lowest BCUT2D eigenvalue weighted by atomic mass is 10.1. The molecule has 1 saturated heterocycles. The third-order valence-electron chi connectivity index (χ3n) is 3.99. The molecular weight excluding hydrogens is 300 g/mol. The Morgan fingerprint density at radius 3 is 2.58 bits per heavy atom. The van der Waals surface area contributed by atoms with Gasteiger partial charge in [0, 0.05) is 24.8 Å². The van der Waals surface area contributed by atoms with E-state index < -0.39 is 0 Å². The minimum Gasteiger partial charge on any atom is -0.489 e. The summed E-state index contributed by atoms with van der Waals surface area (Å²) in [5.74, 6) is 2.46. The highest BCUT2D eigenvalue weighted by Crippen LogP contribution is 2.28. The van der Waals surface area contributed by atoms with Gasteiger partial charge in [-0.15, -0.1) is 0 Å². The van der Waals surface area contributed by atoms with E-state index >= 15 is 0 Å². The molecule has 0 aliphatic carbocycles. The topological polar surface area (TPSA) is 50.3 Å². The van der Waals surface area contributed by atoms with Crippen LogP contribution in [0.1, 0.15) is 38.8 Å². The SMILES string of the molecule is Cc1cc(Nc2ccccc2OC(C)C)nc(N2CCCCC2)n1. The molecule has 0 unspecified atom stereocenters. The number of nitrogens with zero attached hydrogens (tertiary/aromatic N) is 3. The van der Waals surface area contributed by atoms with Crippen LogP contribution in [0.2, 0.25) is 0 Å². The molecule has 1 fully saturated rings. The molecule has 1 aromatic heterocycles. The third kappa shape index (κ3) is 4.16. The van der Waals surface area contributed by atoms with Crippen molar-refractivity contribution in [2.45, 2.75) is 46.1 Å². The summed E-state index contributed by atoms with van der Waals surface area (Å²) in [6.45, 7) is 8.14. The number of piperidine rings is 1. The van der Waals surface area contributed by atoms with Crippen molar-refractivity contribution in [3.8, 4) is 5.75 Å². The summed E-state index contributed by atoms with van der Waals surface area (Å²) in [7, 11) is 0. The van der Waals surface area contributed by atoms with Crippen LogP contribution < -0.4 is 15.0 Å². The Balaban J connectivity index is 1.84. The van der Waals surface area contributed by atoms with E-state index in [9.17, 15) is 0 Å². The number of para-hydroxylation sites is 2. The molecule has 0 saturated carbocycles. The van der Waals surface area contributed by atoms with Gasteiger partial charge in [0.25, 0.3) is 0 Å². The minimum absolute atomic E-state index is 0.129. The molecule has 0 bridgehead atoms. The van der Waals surface area contributed by atoms with E-state index in [4.69, 9.17) is 9.72 Å². The first kappa shape index (κ1) is 16.6. The number of hydrogen-bond donors (Lipinski definition) is 1. The third-order valence-corrected chi connectivity index (χ3v) is 3.99. The van der Waals surface area contributed by atoms with Gasteiger partial charge in [-0.2, -0.15) is 4.98 Å². The Hall–Kier alpha value is -2.30. The van der Waals surface area contributed by atoms with Gasteiger partial charge >= 0.3 is 0 Å². The molecule has 2 aromatic rings. The van der Waals surface area contributed by atoms with E-state index in [0.717, 1.165) is 42.0 Å². The minimum atomic E-state index is 0.129. The van der Waals surface area contributed by atoms with Gasteiger partial charge in [-0.05, 0) is 52.2 Å². The van der Waals surface area contributed by atoms with Crippen LogP contribution in [0.3, 0.4) is 0 Å². The molecule has 5 heteroatoms. The summed E-state index contributed by atoms with van der Waals surface area (Å²) in [4.78, 5) is 11.6. The van der Waals surface area contributed by atoms with Gasteiger partial charge in [0.1, 0.15) is 11.6 Å². The van der Waals surface area contributed by atoms with Gasteiger partial charge < -0.3 is 15.0 Å². The van der Waals surface area contributed by atoms with Gasteiger partial charge in [0.05, 0.1) is 11.8 Å². The average molecular weight is 326 g/mol. The number of hydrogen-bond acceptors (Lipinski definition) is 5. The lowest BCUT2D eigenvalue weighted by molar-refractivity contribution is 0.244. The monoisotopic (exact) mass is 326 g/mol. The number of benzene rings is 1. The van der Waals surface area contributed by atoms with Crippen molar-refractivity contribution in [1.29, 1.82) is 0 Å². The second-order valence-corrected chi connectivity index (χ2v) is 6.53. The van der Waals surface area contributed by atoms with Gasteiger partial charge in [-0.25, -0.2) is 4.98 Å². The smallest absolute Gasteiger partial charge is 0.227 e. The normalized spacial score (nSPS) is 14.8. The zero-order valence-corrected chi connectivity index (χ0v) is 14.7. The number of rotatable bonds is 5. The van der Waals surface area contributed by atoms with Crippen LogP contribution in [0.25, 0.3) is 0 Å². The van der Waals surface area contributed by atoms with E-state index in [-0.39, 0.29) is 6.10 Å². The predicted octanol–water partition coefficient (Wildman–Crippen LogP) is 4.31. The van der Waals surface area contributed by atoms with Crippen molar-refractivity contribution in [3.05, 3.63) is 36.0 Å².